The third-order valence-corrected chi connectivity index (χ3v) is 3.49. The summed E-state index contributed by atoms with van der Waals surface area (Å²) in [6.45, 7) is 4.10. The van der Waals surface area contributed by atoms with E-state index in [2.05, 4.69) is 20.4 Å². The quantitative estimate of drug-likeness (QED) is 0.806. The molecule has 0 saturated heterocycles. The Morgan fingerprint density at radius 2 is 2.00 bits per heavy atom. The minimum Gasteiger partial charge on any atom is -0.310 e. The monoisotopic (exact) mass is 315 g/mol. The first-order valence-electron chi connectivity index (χ1n) is 6.85. The molecule has 6 nitrogen and oxygen atoms in total. The van der Waals surface area contributed by atoms with Gasteiger partial charge in [0.2, 0.25) is 5.91 Å². The van der Waals surface area contributed by atoms with Gasteiger partial charge in [0, 0.05) is 24.1 Å². The zero-order chi connectivity index (χ0) is 15.7. The average molecular weight is 316 g/mol. The van der Waals surface area contributed by atoms with Crippen molar-refractivity contribution in [1.29, 1.82) is 0 Å². The minimum atomic E-state index is -0.189. The fourth-order valence-electron chi connectivity index (χ4n) is 2.30. The number of amides is 1. The first kappa shape index (κ1) is 14.5. The highest BCUT2D eigenvalue weighted by Gasteiger charge is 2.18. The number of nitrogens with zero attached hydrogens (tertiary/aromatic N) is 4. The van der Waals surface area contributed by atoms with Gasteiger partial charge in [-0.25, -0.2) is 14.6 Å². The Labute approximate surface area is 132 Å². The number of hydrogen-bond donors (Lipinski definition) is 1. The van der Waals surface area contributed by atoms with Crippen LogP contribution in [0.2, 0.25) is 5.02 Å². The molecule has 0 saturated carbocycles. The van der Waals surface area contributed by atoms with Gasteiger partial charge in [0.05, 0.1) is 5.39 Å². The molecule has 0 aliphatic heterocycles. The Morgan fingerprint density at radius 3 is 2.64 bits per heavy atom. The number of hydrogen-bond acceptors (Lipinski definition) is 4. The van der Waals surface area contributed by atoms with Crippen molar-refractivity contribution >= 4 is 34.4 Å². The molecular weight excluding hydrogens is 302 g/mol. The number of nitrogens with one attached hydrogen (secondary N) is 1. The topological polar surface area (TPSA) is 72.7 Å². The molecule has 0 fully saturated rings. The van der Waals surface area contributed by atoms with Gasteiger partial charge in [0.15, 0.2) is 5.65 Å². The third kappa shape index (κ3) is 2.53. The molecule has 22 heavy (non-hydrogen) atoms. The van der Waals surface area contributed by atoms with Crippen molar-refractivity contribution in [2.75, 3.05) is 5.32 Å². The van der Waals surface area contributed by atoms with Gasteiger partial charge in [-0.1, -0.05) is 23.7 Å². The molecule has 3 aromatic rings. The lowest BCUT2D eigenvalue weighted by Gasteiger charge is -2.04. The Hall–Kier alpha value is -2.47. The molecule has 0 aliphatic rings. The second-order valence-electron chi connectivity index (χ2n) is 4.77. The summed E-state index contributed by atoms with van der Waals surface area (Å²) in [5.74, 6) is 0.272. The zero-order valence-corrected chi connectivity index (χ0v) is 12.9. The molecule has 3 rings (SSSR count). The predicted octanol–water partition coefficient (Wildman–Crippen LogP) is 3.13. The Balaban J connectivity index is 2.28. The molecule has 7 heteroatoms. The molecule has 1 aromatic carbocycles. The van der Waals surface area contributed by atoms with E-state index in [1.54, 1.807) is 16.8 Å². The van der Waals surface area contributed by atoms with Crippen molar-refractivity contribution < 1.29 is 4.79 Å². The van der Waals surface area contributed by atoms with E-state index in [9.17, 15) is 4.79 Å². The lowest BCUT2D eigenvalue weighted by Crippen LogP contribution is -2.08. The number of fused-ring (bicyclic) bond motifs is 1. The van der Waals surface area contributed by atoms with Gasteiger partial charge in [-0.05, 0) is 19.1 Å². The van der Waals surface area contributed by atoms with Gasteiger partial charge in [-0.15, -0.1) is 0 Å². The number of rotatable bonds is 3. The molecule has 2 aromatic heterocycles. The van der Waals surface area contributed by atoms with Crippen molar-refractivity contribution in [3.05, 3.63) is 35.6 Å². The Kier molecular flexibility index (Phi) is 3.77. The summed E-state index contributed by atoms with van der Waals surface area (Å²) < 4.78 is 1.78. The first-order chi connectivity index (χ1) is 10.6. The summed E-state index contributed by atoms with van der Waals surface area (Å²) in [7, 11) is 0. The highest BCUT2D eigenvalue weighted by molar-refractivity contribution is 6.30. The molecule has 0 bridgehead atoms. The number of carbonyl (C=O) groups is 1. The molecular formula is C15H14ClN5O. The summed E-state index contributed by atoms with van der Waals surface area (Å²) in [5, 5.41) is 8.71. The van der Waals surface area contributed by atoms with Crippen molar-refractivity contribution in [3.63, 3.8) is 0 Å². The van der Waals surface area contributed by atoms with E-state index in [0.29, 0.717) is 23.0 Å². The van der Waals surface area contributed by atoms with Crippen LogP contribution >= 0.6 is 11.6 Å². The first-order valence-corrected chi connectivity index (χ1v) is 7.23. The average Bonchev–Trinajstić information content (AvgIpc) is 2.87. The maximum absolute atomic E-state index is 11.4. The van der Waals surface area contributed by atoms with Crippen LogP contribution in [0.15, 0.2) is 30.6 Å². The lowest BCUT2D eigenvalue weighted by molar-refractivity contribution is -0.114. The molecule has 1 N–H and O–H groups in total. The number of carbonyl (C=O) groups excluding carboxylic acids is 1. The largest absolute Gasteiger partial charge is 0.310 e. The van der Waals surface area contributed by atoms with E-state index in [-0.39, 0.29) is 5.91 Å². The van der Waals surface area contributed by atoms with Crippen LogP contribution in [0.4, 0.5) is 5.82 Å². The van der Waals surface area contributed by atoms with Crippen molar-refractivity contribution in [2.45, 2.75) is 20.4 Å². The van der Waals surface area contributed by atoms with Crippen LogP contribution in [0.25, 0.3) is 22.3 Å². The minimum absolute atomic E-state index is 0.189. The lowest BCUT2D eigenvalue weighted by atomic mass is 10.1. The second-order valence-corrected chi connectivity index (χ2v) is 5.21. The summed E-state index contributed by atoms with van der Waals surface area (Å²) in [5.41, 5.74) is 2.30. The highest BCUT2D eigenvalue weighted by atomic mass is 35.5. The van der Waals surface area contributed by atoms with Gasteiger partial charge < -0.3 is 5.32 Å². The van der Waals surface area contributed by atoms with Crippen LogP contribution in [0.5, 0.6) is 0 Å². The Bertz CT molecular complexity index is 841. The molecule has 2 heterocycles. The van der Waals surface area contributed by atoms with E-state index >= 15 is 0 Å². The van der Waals surface area contributed by atoms with E-state index in [0.717, 1.165) is 16.6 Å². The maximum atomic E-state index is 11.4. The van der Waals surface area contributed by atoms with E-state index in [1.807, 2.05) is 19.1 Å². The fourth-order valence-corrected chi connectivity index (χ4v) is 2.43. The number of benzene rings is 1. The van der Waals surface area contributed by atoms with E-state index < -0.39 is 0 Å². The summed E-state index contributed by atoms with van der Waals surface area (Å²) >= 11 is 5.94. The van der Waals surface area contributed by atoms with Crippen LogP contribution in [0.1, 0.15) is 13.8 Å². The predicted molar refractivity (Wildman–Crippen MR) is 85.7 cm³/mol. The normalized spacial score (nSPS) is 10.9. The van der Waals surface area contributed by atoms with Crippen LogP contribution in [0.3, 0.4) is 0 Å². The van der Waals surface area contributed by atoms with E-state index in [1.165, 1.54) is 13.3 Å². The van der Waals surface area contributed by atoms with Gasteiger partial charge in [-0.2, -0.15) is 5.10 Å². The van der Waals surface area contributed by atoms with Crippen LogP contribution < -0.4 is 5.32 Å². The highest BCUT2D eigenvalue weighted by Crippen LogP contribution is 2.31. The second kappa shape index (κ2) is 5.73. The SMILES string of the molecule is CCn1nc(-c2ccc(Cl)cc2)c2c(NC(C)=O)ncnc21. The van der Waals surface area contributed by atoms with Crippen molar-refractivity contribution in [1.82, 2.24) is 19.7 Å². The molecule has 0 radical (unpaired) electrons. The van der Waals surface area contributed by atoms with Gasteiger partial charge in [0.1, 0.15) is 17.8 Å². The molecule has 0 aliphatic carbocycles. The molecule has 0 unspecified atom stereocenters. The zero-order valence-electron chi connectivity index (χ0n) is 12.2. The molecule has 1 amide bonds. The molecule has 112 valence electrons. The Morgan fingerprint density at radius 1 is 1.27 bits per heavy atom. The summed E-state index contributed by atoms with van der Waals surface area (Å²) in [4.78, 5) is 19.9. The van der Waals surface area contributed by atoms with Crippen LogP contribution in [-0.4, -0.2) is 25.7 Å². The van der Waals surface area contributed by atoms with Gasteiger partial charge >= 0.3 is 0 Å². The van der Waals surface area contributed by atoms with Crippen molar-refractivity contribution in [2.24, 2.45) is 0 Å². The number of halogens is 1. The van der Waals surface area contributed by atoms with Gasteiger partial charge in [-0.3, -0.25) is 4.79 Å². The fraction of sp³-hybridized carbons (Fsp3) is 0.200. The summed E-state index contributed by atoms with van der Waals surface area (Å²) in [6.07, 6.45) is 1.42. The van der Waals surface area contributed by atoms with Crippen molar-refractivity contribution in [3.8, 4) is 11.3 Å². The maximum Gasteiger partial charge on any atom is 0.222 e. The molecule has 0 atom stereocenters. The smallest absolute Gasteiger partial charge is 0.222 e. The van der Waals surface area contributed by atoms with Gasteiger partial charge in [0.25, 0.3) is 0 Å². The van der Waals surface area contributed by atoms with E-state index in [4.69, 9.17) is 11.6 Å². The number of aryl methyl sites for hydroxylation is 1. The molecule has 0 spiro atoms. The number of aromatic nitrogens is 4. The summed E-state index contributed by atoms with van der Waals surface area (Å²) in [6, 6.07) is 7.37. The van der Waals surface area contributed by atoms with Crippen LogP contribution in [0, 0.1) is 0 Å². The number of anilines is 1. The van der Waals surface area contributed by atoms with Crippen LogP contribution in [-0.2, 0) is 11.3 Å². The third-order valence-electron chi connectivity index (χ3n) is 3.24. The standard InChI is InChI=1S/C15H14ClN5O/c1-3-21-15-12(14(17-8-18-15)19-9(2)22)13(20-21)10-4-6-11(16)7-5-10/h4-8H,3H2,1-2H3,(H,17,18,19,22).